The van der Waals surface area contributed by atoms with Gasteiger partial charge < -0.3 is 14.9 Å². The van der Waals surface area contributed by atoms with Crippen LogP contribution in [0.4, 0.5) is 18.9 Å². The first-order valence-electron chi connectivity index (χ1n) is 5.68. The number of amides is 1. The highest BCUT2D eigenvalue weighted by Gasteiger charge is 2.16. The van der Waals surface area contributed by atoms with Crippen LogP contribution in [0.1, 0.15) is 10.6 Å². The van der Waals surface area contributed by atoms with Crippen LogP contribution in [0.25, 0.3) is 0 Å². The van der Waals surface area contributed by atoms with Crippen LogP contribution in [-0.4, -0.2) is 26.9 Å². The molecule has 0 fully saturated rings. The van der Waals surface area contributed by atoms with Crippen LogP contribution in [0.15, 0.2) is 17.1 Å². The first-order chi connectivity index (χ1) is 10.3. The van der Waals surface area contributed by atoms with Gasteiger partial charge in [-0.3, -0.25) is 9.59 Å². The van der Waals surface area contributed by atoms with Crippen LogP contribution < -0.4 is 10.9 Å². The molecule has 0 bridgehead atoms. The lowest BCUT2D eigenvalue weighted by Gasteiger charge is -2.09. The lowest BCUT2D eigenvalue weighted by atomic mass is 10.3. The predicted octanol–water partition coefficient (Wildman–Crippen LogP) is 2.53. The van der Waals surface area contributed by atoms with Gasteiger partial charge >= 0.3 is 0 Å². The van der Waals surface area contributed by atoms with Crippen molar-refractivity contribution in [1.82, 2.24) is 14.5 Å². The molecule has 0 atom stereocenters. The van der Waals surface area contributed by atoms with Gasteiger partial charge in [-0.1, -0.05) is 23.2 Å². The number of alkyl halides is 2. The van der Waals surface area contributed by atoms with Gasteiger partial charge in [0.15, 0.2) is 16.8 Å². The highest BCUT2D eigenvalue weighted by molar-refractivity contribution is 6.40. The fourth-order valence-electron chi connectivity index (χ4n) is 1.58. The number of carbonyl (C=O) groups is 1. The van der Waals surface area contributed by atoms with Crippen molar-refractivity contribution in [1.29, 1.82) is 0 Å². The zero-order valence-corrected chi connectivity index (χ0v) is 12.1. The molecule has 22 heavy (non-hydrogen) atoms. The maximum Gasteiger partial charge on any atom is 0.291 e. The molecule has 0 saturated heterocycles. The van der Waals surface area contributed by atoms with Gasteiger partial charge in [0.1, 0.15) is 5.15 Å². The Labute approximate surface area is 130 Å². The minimum atomic E-state index is -2.86. The largest absolute Gasteiger partial charge is 0.324 e. The molecule has 0 aromatic carbocycles. The maximum absolute atomic E-state index is 13.4. The average molecular weight is 355 g/mol. The molecule has 1 amide bonds. The first-order valence-corrected chi connectivity index (χ1v) is 6.44. The molecule has 2 aromatic rings. The Morgan fingerprint density at radius 2 is 2.14 bits per heavy atom. The van der Waals surface area contributed by atoms with Crippen molar-refractivity contribution in [3.8, 4) is 0 Å². The minimum absolute atomic E-state index is 0.0688. The van der Waals surface area contributed by atoms with Gasteiger partial charge in [0.25, 0.3) is 17.9 Å². The van der Waals surface area contributed by atoms with E-state index in [-0.39, 0.29) is 21.8 Å². The third kappa shape index (κ3) is 3.60. The van der Waals surface area contributed by atoms with Crippen molar-refractivity contribution in [2.45, 2.75) is 13.0 Å². The number of pyridine rings is 1. The van der Waals surface area contributed by atoms with Crippen molar-refractivity contribution in [3.05, 3.63) is 44.6 Å². The summed E-state index contributed by atoms with van der Waals surface area (Å²) in [5.74, 6) is -2.38. The summed E-state index contributed by atoms with van der Waals surface area (Å²) >= 11 is 11.1. The monoisotopic (exact) mass is 354 g/mol. The molecule has 0 aliphatic rings. The van der Waals surface area contributed by atoms with Gasteiger partial charge in [0.2, 0.25) is 0 Å². The molecule has 0 radical (unpaired) electrons. The molecule has 0 aliphatic heterocycles. The van der Waals surface area contributed by atoms with Gasteiger partial charge in [0.05, 0.1) is 12.2 Å². The smallest absolute Gasteiger partial charge is 0.291 e. The SMILES string of the molecule is O=C(Nc1cc(F)c(=O)n(CC(F)F)c1)c1nc(Cl)c(Cl)[nH]1. The summed E-state index contributed by atoms with van der Waals surface area (Å²) in [4.78, 5) is 29.1. The Balaban J connectivity index is 2.27. The van der Waals surface area contributed by atoms with Crippen molar-refractivity contribution in [2.24, 2.45) is 0 Å². The van der Waals surface area contributed by atoms with Crippen LogP contribution >= 0.6 is 23.2 Å². The molecule has 0 saturated carbocycles. The number of rotatable bonds is 4. The van der Waals surface area contributed by atoms with E-state index in [1.54, 1.807) is 0 Å². The molecule has 6 nitrogen and oxygen atoms in total. The Kier molecular flexibility index (Phi) is 4.77. The van der Waals surface area contributed by atoms with Crippen LogP contribution in [0.5, 0.6) is 0 Å². The molecular weight excluding hydrogens is 348 g/mol. The van der Waals surface area contributed by atoms with Gasteiger partial charge in [-0.25, -0.2) is 18.2 Å². The molecular formula is C11H7Cl2F3N4O2. The Morgan fingerprint density at radius 1 is 1.45 bits per heavy atom. The number of hydrogen-bond donors (Lipinski definition) is 2. The highest BCUT2D eigenvalue weighted by Crippen LogP contribution is 2.18. The van der Waals surface area contributed by atoms with E-state index in [1.807, 2.05) is 0 Å². The Morgan fingerprint density at radius 3 is 2.68 bits per heavy atom. The van der Waals surface area contributed by atoms with Crippen LogP contribution in [0.2, 0.25) is 10.3 Å². The van der Waals surface area contributed by atoms with Crippen molar-refractivity contribution >= 4 is 34.8 Å². The van der Waals surface area contributed by atoms with Crippen LogP contribution in [0, 0.1) is 5.82 Å². The molecule has 0 spiro atoms. The second-order valence-electron chi connectivity index (χ2n) is 4.07. The van der Waals surface area contributed by atoms with E-state index in [0.29, 0.717) is 10.6 Å². The average Bonchev–Trinajstić information content (AvgIpc) is 2.75. The normalized spacial score (nSPS) is 11.0. The summed E-state index contributed by atoms with van der Waals surface area (Å²) in [7, 11) is 0. The fourth-order valence-corrected chi connectivity index (χ4v) is 1.84. The summed E-state index contributed by atoms with van der Waals surface area (Å²) in [6.45, 7) is -1.00. The van der Waals surface area contributed by atoms with E-state index in [4.69, 9.17) is 23.2 Å². The highest BCUT2D eigenvalue weighted by atomic mass is 35.5. The third-order valence-corrected chi connectivity index (χ3v) is 3.11. The van der Waals surface area contributed by atoms with E-state index in [2.05, 4.69) is 15.3 Å². The molecule has 2 rings (SSSR count). The lowest BCUT2D eigenvalue weighted by Crippen LogP contribution is -2.26. The number of hydrogen-bond acceptors (Lipinski definition) is 3. The molecule has 118 valence electrons. The predicted molar refractivity (Wildman–Crippen MR) is 73.2 cm³/mol. The summed E-state index contributed by atoms with van der Waals surface area (Å²) in [6, 6.07) is 0.703. The number of nitrogens with one attached hydrogen (secondary N) is 2. The number of halogens is 5. The van der Waals surface area contributed by atoms with Gasteiger partial charge in [-0.2, -0.15) is 0 Å². The zero-order chi connectivity index (χ0) is 16.4. The van der Waals surface area contributed by atoms with E-state index in [9.17, 15) is 22.8 Å². The standard InChI is InChI=1S/C11H7Cl2F3N4O2/c12-7-8(13)19-9(18-7)10(21)17-4-1-5(14)11(22)20(2-4)3-6(15)16/h1-2,6H,3H2,(H,17,21)(H,18,19). The summed E-state index contributed by atoms with van der Waals surface area (Å²) in [5.41, 5.74) is -1.42. The summed E-state index contributed by atoms with van der Waals surface area (Å²) < 4.78 is 38.5. The maximum atomic E-state index is 13.4. The number of imidazole rings is 1. The number of nitrogens with zero attached hydrogens (tertiary/aromatic N) is 2. The topological polar surface area (TPSA) is 79.8 Å². The first kappa shape index (κ1) is 16.4. The molecule has 2 aromatic heterocycles. The van der Waals surface area contributed by atoms with E-state index in [1.165, 1.54) is 0 Å². The second kappa shape index (κ2) is 6.41. The fraction of sp³-hybridized carbons (Fsp3) is 0.182. The van der Waals surface area contributed by atoms with Crippen LogP contribution in [0.3, 0.4) is 0 Å². The number of anilines is 1. The second-order valence-corrected chi connectivity index (χ2v) is 4.81. The van der Waals surface area contributed by atoms with Crippen molar-refractivity contribution in [2.75, 3.05) is 5.32 Å². The summed E-state index contributed by atoms with van der Waals surface area (Å²) in [6.07, 6.45) is -1.97. The van der Waals surface area contributed by atoms with Gasteiger partial charge in [0, 0.05) is 12.3 Å². The van der Waals surface area contributed by atoms with Gasteiger partial charge in [-0.15, -0.1) is 0 Å². The van der Waals surface area contributed by atoms with E-state index < -0.39 is 30.3 Å². The number of carbonyl (C=O) groups excluding carboxylic acids is 1. The van der Waals surface area contributed by atoms with E-state index >= 15 is 0 Å². The third-order valence-electron chi connectivity index (χ3n) is 2.47. The number of aromatic nitrogens is 3. The lowest BCUT2D eigenvalue weighted by molar-refractivity contribution is 0.101. The zero-order valence-electron chi connectivity index (χ0n) is 10.5. The molecule has 11 heteroatoms. The summed E-state index contributed by atoms with van der Waals surface area (Å²) in [5, 5.41) is 1.98. The minimum Gasteiger partial charge on any atom is -0.324 e. The Hall–Kier alpha value is -2.00. The van der Waals surface area contributed by atoms with Gasteiger partial charge in [-0.05, 0) is 0 Å². The quantitative estimate of drug-likeness (QED) is 0.885. The van der Waals surface area contributed by atoms with Crippen molar-refractivity contribution in [3.63, 3.8) is 0 Å². The van der Waals surface area contributed by atoms with Crippen LogP contribution in [-0.2, 0) is 6.54 Å². The molecule has 0 unspecified atom stereocenters. The number of H-pyrrole nitrogens is 1. The van der Waals surface area contributed by atoms with Crippen molar-refractivity contribution < 1.29 is 18.0 Å². The van der Waals surface area contributed by atoms with E-state index in [0.717, 1.165) is 6.20 Å². The molecule has 0 aliphatic carbocycles. The number of aromatic amines is 1. The Bertz CT molecular complexity index is 756. The molecule has 2 heterocycles. The molecule has 2 N–H and O–H groups in total.